The van der Waals surface area contributed by atoms with Crippen LogP contribution in [0.25, 0.3) is 11.1 Å². The van der Waals surface area contributed by atoms with Crippen molar-refractivity contribution in [1.29, 1.82) is 0 Å². The minimum Gasteiger partial charge on any atom is -1.00 e. The second-order valence-corrected chi connectivity index (χ2v) is 16.4. The van der Waals surface area contributed by atoms with E-state index in [1.54, 1.807) is 0 Å². The van der Waals surface area contributed by atoms with Crippen LogP contribution < -0.4 is 24.8 Å². The van der Waals surface area contributed by atoms with Crippen LogP contribution in [0, 0.1) is 23.5 Å². The van der Waals surface area contributed by atoms with Crippen molar-refractivity contribution in [3.8, 4) is 11.1 Å². The Balaban J connectivity index is 0.000000356. The number of benzene rings is 3. The molecule has 2 aliphatic rings. The summed E-state index contributed by atoms with van der Waals surface area (Å²) in [5.74, 6) is 0.573. The maximum absolute atomic E-state index is 3.53. The molecule has 0 aliphatic heterocycles. The van der Waals surface area contributed by atoms with Gasteiger partial charge in [0.2, 0.25) is 0 Å². The largest absolute Gasteiger partial charge is 1.00 e. The first-order chi connectivity index (χ1) is 19.0. The van der Waals surface area contributed by atoms with Gasteiger partial charge in [0.15, 0.2) is 0 Å². The molecule has 0 saturated carbocycles. The summed E-state index contributed by atoms with van der Waals surface area (Å²) in [5.41, 5.74) is 11.9. The number of rotatable bonds is 2. The van der Waals surface area contributed by atoms with Gasteiger partial charge in [-0.25, -0.2) is 6.08 Å². The van der Waals surface area contributed by atoms with E-state index in [1.807, 2.05) is 6.07 Å². The minimum atomic E-state index is 0. The average Bonchev–Trinajstić information content (AvgIpc) is 3.53. The van der Waals surface area contributed by atoms with Gasteiger partial charge in [0.1, 0.15) is 0 Å². The Labute approximate surface area is 291 Å². The molecule has 0 radical (unpaired) electrons. The van der Waals surface area contributed by atoms with E-state index in [1.165, 1.54) is 78.4 Å². The Morgan fingerprint density at radius 1 is 0.791 bits per heavy atom. The van der Waals surface area contributed by atoms with Crippen LogP contribution in [0.4, 0.5) is 0 Å². The zero-order chi connectivity index (χ0) is 30.6. The summed E-state index contributed by atoms with van der Waals surface area (Å²) in [6.45, 7) is 24.7. The van der Waals surface area contributed by atoms with E-state index in [-0.39, 0.29) is 35.6 Å². The number of halogens is 2. The van der Waals surface area contributed by atoms with Crippen LogP contribution in [0.2, 0.25) is 0 Å². The fourth-order valence-electron chi connectivity index (χ4n) is 4.88. The van der Waals surface area contributed by atoms with E-state index < -0.39 is 0 Å². The second-order valence-electron chi connectivity index (χ2n) is 14.5. The summed E-state index contributed by atoms with van der Waals surface area (Å²) >= 11 is 1.51. The third kappa shape index (κ3) is 11.1. The summed E-state index contributed by atoms with van der Waals surface area (Å²) in [7, 11) is 0. The van der Waals surface area contributed by atoms with Gasteiger partial charge in [-0.3, -0.25) is 6.08 Å². The van der Waals surface area contributed by atoms with Crippen molar-refractivity contribution in [3.05, 3.63) is 118 Å². The maximum atomic E-state index is 3.53. The van der Waals surface area contributed by atoms with Crippen LogP contribution in [0.15, 0.2) is 78.4 Å². The predicted octanol–water partition coefficient (Wildman–Crippen LogP) is 4.79. The summed E-state index contributed by atoms with van der Waals surface area (Å²) in [4.78, 5) is 0. The van der Waals surface area contributed by atoms with Crippen LogP contribution in [0.1, 0.15) is 110 Å². The van der Waals surface area contributed by atoms with Crippen molar-refractivity contribution >= 4 is 3.21 Å². The van der Waals surface area contributed by atoms with Crippen molar-refractivity contribution in [3.63, 3.8) is 0 Å². The third-order valence-corrected chi connectivity index (χ3v) is 8.58. The van der Waals surface area contributed by atoms with Gasteiger partial charge in [0.05, 0.1) is 0 Å². The number of allylic oxidation sites excluding steroid dienone is 4. The van der Waals surface area contributed by atoms with Crippen LogP contribution in [-0.2, 0) is 41.5 Å². The van der Waals surface area contributed by atoms with E-state index in [0.29, 0.717) is 11.3 Å². The Kier molecular flexibility index (Phi) is 14.8. The molecule has 3 heteroatoms. The van der Waals surface area contributed by atoms with E-state index >= 15 is 0 Å². The molecular formula is C40H50Cl2Zr-2. The molecule has 0 saturated heterocycles. The molecule has 1 atom stereocenters. The molecule has 5 rings (SSSR count). The van der Waals surface area contributed by atoms with E-state index in [9.17, 15) is 0 Å². The van der Waals surface area contributed by atoms with Crippen LogP contribution in [-0.4, -0.2) is 3.21 Å². The summed E-state index contributed by atoms with van der Waals surface area (Å²) in [5, 5.41) is 0. The van der Waals surface area contributed by atoms with Gasteiger partial charge < -0.3 is 24.8 Å². The molecule has 230 valence electrons. The first-order valence-corrected chi connectivity index (χ1v) is 16.3. The molecule has 0 aromatic heterocycles. The predicted molar refractivity (Wildman–Crippen MR) is 176 cm³/mol. The van der Waals surface area contributed by atoms with Gasteiger partial charge >= 0.3 is 70.3 Å². The monoisotopic (exact) mass is 690 g/mol. The summed E-state index contributed by atoms with van der Waals surface area (Å²) in [6, 6.07) is 25.5. The van der Waals surface area contributed by atoms with Crippen molar-refractivity contribution in [2.45, 2.75) is 99.8 Å². The van der Waals surface area contributed by atoms with Crippen molar-refractivity contribution in [1.82, 2.24) is 0 Å². The summed E-state index contributed by atoms with van der Waals surface area (Å²) in [6.07, 6.45) is 10.0. The Morgan fingerprint density at radius 3 is 1.81 bits per heavy atom. The first kappa shape index (κ1) is 39.5. The van der Waals surface area contributed by atoms with Gasteiger partial charge in [-0.2, -0.15) is 41.0 Å². The quantitative estimate of drug-likeness (QED) is 0.265. The molecule has 0 amide bonds. The van der Waals surface area contributed by atoms with Crippen molar-refractivity contribution < 1.29 is 49.0 Å². The maximum Gasteiger partial charge on any atom is -1.00 e. The third-order valence-electron chi connectivity index (χ3n) is 7.87. The van der Waals surface area contributed by atoms with Gasteiger partial charge in [0.25, 0.3) is 0 Å². The molecule has 0 nitrogen and oxygen atoms in total. The van der Waals surface area contributed by atoms with E-state index in [2.05, 4.69) is 155 Å². The molecule has 0 bridgehead atoms. The van der Waals surface area contributed by atoms with E-state index in [0.717, 1.165) is 6.42 Å². The molecule has 3 aromatic rings. The Hall–Kier alpha value is -1.53. The number of hydrogen-bond donors (Lipinski definition) is 0. The topological polar surface area (TPSA) is 0 Å². The van der Waals surface area contributed by atoms with Crippen molar-refractivity contribution in [2.24, 2.45) is 11.3 Å². The Morgan fingerprint density at radius 2 is 1.37 bits per heavy atom. The van der Waals surface area contributed by atoms with E-state index in [4.69, 9.17) is 0 Å². The average molecular weight is 693 g/mol. The Bertz CT molecular complexity index is 1350. The van der Waals surface area contributed by atoms with Gasteiger partial charge in [-0.05, 0) is 17.4 Å². The standard InChI is InChI=1S/C21H25.C11H17.C8H8.2ClH.Zr/c1-20(2,3)16-9-7-14-11-15-8-10-17(21(4,5)6)13-19(15)18(14)12-16;1-5-9-6-7-10(8-9)11(2,3)4;1-2-8-6-4-3-5-7-8;;;/h7,9-10,12-13H,11H2,1-6H3;7-9H,5H2,1-4H3;3-7H,1H3;2*1H;/q2*-1;;;;+2/p-2. The second kappa shape index (κ2) is 16.2. The number of fused-ring (bicyclic) bond motifs is 3. The minimum absolute atomic E-state index is 0. The normalized spacial score (nSPS) is 14.9. The van der Waals surface area contributed by atoms with Gasteiger partial charge in [-0.15, -0.1) is 5.56 Å². The molecule has 3 aromatic carbocycles. The molecule has 0 heterocycles. The van der Waals surface area contributed by atoms with Crippen LogP contribution in [0.5, 0.6) is 0 Å². The van der Waals surface area contributed by atoms with Gasteiger partial charge in [0, 0.05) is 0 Å². The molecule has 0 spiro atoms. The zero-order valence-corrected chi connectivity index (χ0v) is 32.1. The van der Waals surface area contributed by atoms with Crippen LogP contribution in [0.3, 0.4) is 0 Å². The smallest absolute Gasteiger partial charge is 1.00 e. The zero-order valence-electron chi connectivity index (χ0n) is 28.2. The molecule has 0 N–H and O–H groups in total. The molecule has 2 aliphatic carbocycles. The van der Waals surface area contributed by atoms with Crippen molar-refractivity contribution in [2.75, 3.05) is 0 Å². The molecular weight excluding hydrogens is 643 g/mol. The van der Waals surface area contributed by atoms with Crippen LogP contribution >= 0.6 is 0 Å². The molecule has 0 fully saturated rings. The summed E-state index contributed by atoms with van der Waals surface area (Å²) < 4.78 is 1.46. The van der Waals surface area contributed by atoms with Gasteiger partial charge in [-0.1, -0.05) is 122 Å². The molecule has 1 unspecified atom stereocenters. The fraction of sp³-hybridized carbons (Fsp3) is 0.425. The SMILES string of the molecule is CC(C)(C)c1c[c-]c2c(c1)-c1cc(C(C)(C)C)ccc1C2.CCC1[C-]=CC(C(C)(C)C)=C1.C[C](=[Zr+2])c1ccccc1.[Cl-].[Cl-]. The number of hydrogen-bond acceptors (Lipinski definition) is 0. The fourth-order valence-corrected chi connectivity index (χ4v) is 5.29. The first-order valence-electron chi connectivity index (χ1n) is 15.1. The molecule has 43 heavy (non-hydrogen) atoms.